The van der Waals surface area contributed by atoms with Crippen LogP contribution in [0, 0.1) is 11.8 Å². The summed E-state index contributed by atoms with van der Waals surface area (Å²) in [4.78, 5) is 22.3. The van der Waals surface area contributed by atoms with Gasteiger partial charge in [-0.1, -0.05) is 81.4 Å². The average Bonchev–Trinajstić information content (AvgIpc) is 3.42. The van der Waals surface area contributed by atoms with Crippen LogP contribution in [-0.4, -0.2) is 52.0 Å². The summed E-state index contributed by atoms with van der Waals surface area (Å²) in [6.45, 7) is 15.3. The lowest BCUT2D eigenvalue weighted by atomic mass is 9.87. The number of carbonyl (C=O) groups excluding carboxylic acids is 1. The van der Waals surface area contributed by atoms with Gasteiger partial charge in [0.15, 0.2) is 0 Å². The topological polar surface area (TPSA) is 74.5 Å². The van der Waals surface area contributed by atoms with E-state index in [1.165, 1.54) is 37.1 Å². The maximum absolute atomic E-state index is 12.9. The molecule has 0 aliphatic carbocycles. The molecule has 7 heteroatoms. The number of nitrogens with one attached hydrogen (secondary N) is 1. The first-order valence-corrected chi connectivity index (χ1v) is 15.0. The van der Waals surface area contributed by atoms with E-state index in [0.29, 0.717) is 24.8 Å². The van der Waals surface area contributed by atoms with Crippen molar-refractivity contribution in [1.82, 2.24) is 25.3 Å². The molecule has 214 valence electrons. The Morgan fingerprint density at radius 1 is 0.875 bits per heavy atom. The first kappa shape index (κ1) is 28.5. The number of piperidine rings is 2. The molecule has 0 saturated carbocycles. The van der Waals surface area contributed by atoms with Gasteiger partial charge in [0, 0.05) is 24.6 Å². The number of rotatable bonds is 8. The van der Waals surface area contributed by atoms with Crippen LogP contribution in [0.4, 0.5) is 0 Å². The lowest BCUT2D eigenvalue weighted by Crippen LogP contribution is -2.40. The van der Waals surface area contributed by atoms with Gasteiger partial charge in [-0.05, 0) is 79.9 Å². The lowest BCUT2D eigenvalue weighted by molar-refractivity contribution is -0.126. The molecular formula is C33H45N5O2. The van der Waals surface area contributed by atoms with Crippen LogP contribution in [0.15, 0.2) is 53.1 Å². The molecule has 1 amide bonds. The van der Waals surface area contributed by atoms with Crippen LogP contribution in [0.1, 0.15) is 76.0 Å². The zero-order valence-electron chi connectivity index (χ0n) is 24.7. The van der Waals surface area contributed by atoms with Crippen LogP contribution in [0.25, 0.3) is 11.4 Å². The third-order valence-electron chi connectivity index (χ3n) is 8.57. The number of hydrogen-bond donors (Lipinski definition) is 1. The predicted octanol–water partition coefficient (Wildman–Crippen LogP) is 5.79. The summed E-state index contributed by atoms with van der Waals surface area (Å²) in [6.07, 6.45) is 4.28. The molecule has 1 N–H and O–H groups in total. The predicted molar refractivity (Wildman–Crippen MR) is 158 cm³/mol. The van der Waals surface area contributed by atoms with Crippen molar-refractivity contribution < 1.29 is 9.32 Å². The van der Waals surface area contributed by atoms with Gasteiger partial charge in [-0.3, -0.25) is 14.6 Å². The second-order valence-electron chi connectivity index (χ2n) is 12.9. The van der Waals surface area contributed by atoms with Gasteiger partial charge in [0.05, 0.1) is 6.54 Å². The van der Waals surface area contributed by atoms with Gasteiger partial charge in [0.1, 0.15) is 0 Å². The van der Waals surface area contributed by atoms with Gasteiger partial charge in [-0.2, -0.15) is 4.98 Å². The molecule has 5 rings (SSSR count). The van der Waals surface area contributed by atoms with Crippen molar-refractivity contribution in [2.75, 3.05) is 26.2 Å². The van der Waals surface area contributed by atoms with Crippen molar-refractivity contribution in [3.63, 3.8) is 0 Å². The van der Waals surface area contributed by atoms with Crippen LogP contribution < -0.4 is 5.32 Å². The summed E-state index contributed by atoms with van der Waals surface area (Å²) in [5.74, 6) is 2.31. The number of hydrogen-bond acceptors (Lipinski definition) is 6. The van der Waals surface area contributed by atoms with Gasteiger partial charge in [0.25, 0.3) is 0 Å². The van der Waals surface area contributed by atoms with Gasteiger partial charge in [0.2, 0.25) is 17.6 Å². The van der Waals surface area contributed by atoms with Crippen LogP contribution in [0.3, 0.4) is 0 Å². The Morgan fingerprint density at radius 2 is 1.48 bits per heavy atom. The van der Waals surface area contributed by atoms with E-state index in [4.69, 9.17) is 4.52 Å². The quantitative estimate of drug-likeness (QED) is 0.387. The fraction of sp³-hybridized carbons (Fsp3) is 0.545. The Labute approximate surface area is 239 Å². The minimum absolute atomic E-state index is 0.0524. The summed E-state index contributed by atoms with van der Waals surface area (Å²) >= 11 is 0. The number of nitrogens with zero attached hydrogens (tertiary/aromatic N) is 4. The second kappa shape index (κ2) is 12.6. The van der Waals surface area contributed by atoms with Crippen LogP contribution >= 0.6 is 0 Å². The molecule has 2 aromatic carbocycles. The van der Waals surface area contributed by atoms with Gasteiger partial charge >= 0.3 is 0 Å². The highest BCUT2D eigenvalue weighted by molar-refractivity contribution is 5.78. The number of likely N-dealkylation sites (tertiary alicyclic amines) is 2. The minimum Gasteiger partial charge on any atom is -0.352 e. The maximum Gasteiger partial charge on any atom is 0.241 e. The molecule has 2 aliphatic rings. The Morgan fingerprint density at radius 3 is 2.12 bits per heavy atom. The van der Waals surface area contributed by atoms with E-state index in [2.05, 4.69) is 101 Å². The minimum atomic E-state index is 0.0524. The van der Waals surface area contributed by atoms with Crippen molar-refractivity contribution in [1.29, 1.82) is 0 Å². The summed E-state index contributed by atoms with van der Waals surface area (Å²) in [6, 6.07) is 17.1. The van der Waals surface area contributed by atoms with Gasteiger partial charge in [-0.25, -0.2) is 0 Å². The summed E-state index contributed by atoms with van der Waals surface area (Å²) in [7, 11) is 0. The van der Waals surface area contributed by atoms with Crippen molar-refractivity contribution in [2.45, 2.75) is 78.4 Å². The molecule has 3 aromatic rings. The van der Waals surface area contributed by atoms with Crippen LogP contribution in [-0.2, 0) is 29.8 Å². The van der Waals surface area contributed by atoms with Crippen LogP contribution in [0.5, 0.6) is 0 Å². The zero-order valence-corrected chi connectivity index (χ0v) is 24.7. The van der Waals surface area contributed by atoms with E-state index in [-0.39, 0.29) is 17.2 Å². The van der Waals surface area contributed by atoms with Crippen molar-refractivity contribution in [2.24, 2.45) is 11.8 Å². The molecule has 0 bridgehead atoms. The van der Waals surface area contributed by atoms with Crippen molar-refractivity contribution in [3.05, 3.63) is 71.1 Å². The molecule has 1 aromatic heterocycles. The maximum atomic E-state index is 12.9. The standard InChI is InChI=1S/C33H45N5O2/c1-24-13-17-37(18-14-24)22-26-7-5-25(6-8-26)21-34-32(39)28-15-19-38(20-16-28)23-30-35-31(36-40-30)27-9-11-29(12-10-27)33(2,3)4/h5-12,24,28H,13-23H2,1-4H3,(H,34,39). The summed E-state index contributed by atoms with van der Waals surface area (Å²) in [5, 5.41) is 7.36. The molecule has 40 heavy (non-hydrogen) atoms. The third-order valence-corrected chi connectivity index (χ3v) is 8.57. The summed E-state index contributed by atoms with van der Waals surface area (Å²) in [5.41, 5.74) is 4.86. The fourth-order valence-corrected chi connectivity index (χ4v) is 5.67. The second-order valence-corrected chi connectivity index (χ2v) is 12.9. The van der Waals surface area contributed by atoms with Crippen molar-refractivity contribution >= 4 is 5.91 Å². The van der Waals surface area contributed by atoms with Gasteiger partial charge in [-0.15, -0.1) is 0 Å². The highest BCUT2D eigenvalue weighted by atomic mass is 16.5. The fourth-order valence-electron chi connectivity index (χ4n) is 5.67. The van der Waals surface area contributed by atoms with E-state index >= 15 is 0 Å². The Bertz CT molecular complexity index is 1230. The lowest BCUT2D eigenvalue weighted by Gasteiger charge is -2.30. The normalized spacial score (nSPS) is 18.2. The number of aromatic nitrogens is 2. The monoisotopic (exact) mass is 543 g/mol. The number of carbonyl (C=O) groups is 1. The Kier molecular flexibility index (Phi) is 9.01. The zero-order chi connectivity index (χ0) is 28.1. The molecule has 2 fully saturated rings. The molecule has 0 spiro atoms. The molecule has 0 radical (unpaired) electrons. The third kappa shape index (κ3) is 7.58. The number of amides is 1. The molecule has 2 aliphatic heterocycles. The Balaban J connectivity index is 1.03. The molecular weight excluding hydrogens is 498 g/mol. The van der Waals surface area contributed by atoms with E-state index in [0.717, 1.165) is 49.5 Å². The molecule has 7 nitrogen and oxygen atoms in total. The molecule has 3 heterocycles. The smallest absolute Gasteiger partial charge is 0.241 e. The molecule has 0 atom stereocenters. The van der Waals surface area contributed by atoms with E-state index in [9.17, 15) is 4.79 Å². The number of benzene rings is 2. The largest absolute Gasteiger partial charge is 0.352 e. The van der Waals surface area contributed by atoms with E-state index < -0.39 is 0 Å². The first-order chi connectivity index (χ1) is 19.2. The van der Waals surface area contributed by atoms with E-state index in [1.807, 2.05) is 0 Å². The summed E-state index contributed by atoms with van der Waals surface area (Å²) < 4.78 is 5.55. The Hall–Kier alpha value is -3.03. The first-order valence-electron chi connectivity index (χ1n) is 15.0. The van der Waals surface area contributed by atoms with Crippen LogP contribution in [0.2, 0.25) is 0 Å². The van der Waals surface area contributed by atoms with Gasteiger partial charge < -0.3 is 9.84 Å². The highest BCUT2D eigenvalue weighted by Gasteiger charge is 2.26. The SMILES string of the molecule is CC1CCN(Cc2ccc(CNC(=O)C3CCN(Cc4nc(-c5ccc(C(C)(C)C)cc5)no4)CC3)cc2)CC1. The average molecular weight is 544 g/mol. The van der Waals surface area contributed by atoms with E-state index in [1.54, 1.807) is 0 Å². The van der Waals surface area contributed by atoms with Crippen molar-refractivity contribution in [3.8, 4) is 11.4 Å². The molecule has 2 saturated heterocycles. The molecule has 0 unspecified atom stereocenters. The highest BCUT2D eigenvalue weighted by Crippen LogP contribution is 2.26.